The summed E-state index contributed by atoms with van der Waals surface area (Å²) in [6.07, 6.45) is 4.41. The van der Waals surface area contributed by atoms with Gasteiger partial charge in [-0.2, -0.15) is 0 Å². The molecule has 1 atom stereocenters. The second kappa shape index (κ2) is 9.10. The molecule has 0 saturated carbocycles. The third kappa shape index (κ3) is 4.30. The number of methoxy groups -OCH3 is 2. The van der Waals surface area contributed by atoms with Gasteiger partial charge >= 0.3 is 5.97 Å². The number of carbonyl (C=O) groups excluding carboxylic acids is 2. The first-order chi connectivity index (χ1) is 13.6. The SMILES string of the molecule is CCOC(=O)C1CN(C(=O)C2=Cc3cc(OC)c(OC)cc3CCC2)CCN1. The van der Waals surface area contributed by atoms with Crippen molar-refractivity contribution in [3.8, 4) is 11.5 Å². The van der Waals surface area contributed by atoms with Gasteiger partial charge in [0.25, 0.3) is 0 Å². The van der Waals surface area contributed by atoms with Crippen molar-refractivity contribution < 1.29 is 23.8 Å². The van der Waals surface area contributed by atoms with Gasteiger partial charge in [0.1, 0.15) is 6.04 Å². The first kappa shape index (κ1) is 20.2. The Morgan fingerprint density at radius 1 is 1.18 bits per heavy atom. The van der Waals surface area contributed by atoms with Crippen LogP contribution in [0.5, 0.6) is 11.5 Å². The number of esters is 1. The summed E-state index contributed by atoms with van der Waals surface area (Å²) in [6.45, 7) is 3.58. The van der Waals surface area contributed by atoms with Gasteiger partial charge in [-0.3, -0.25) is 9.59 Å². The Morgan fingerprint density at radius 3 is 2.64 bits per heavy atom. The van der Waals surface area contributed by atoms with E-state index in [0.717, 1.165) is 29.5 Å². The van der Waals surface area contributed by atoms with Crippen LogP contribution in [0, 0.1) is 0 Å². The molecule has 1 aromatic rings. The first-order valence-corrected chi connectivity index (χ1v) is 9.72. The zero-order valence-electron chi connectivity index (χ0n) is 16.7. The van der Waals surface area contributed by atoms with Gasteiger partial charge in [-0.1, -0.05) is 0 Å². The highest BCUT2D eigenvalue weighted by molar-refractivity contribution is 5.98. The molecule has 1 saturated heterocycles. The predicted octanol–water partition coefficient (Wildman–Crippen LogP) is 1.79. The van der Waals surface area contributed by atoms with Crippen molar-refractivity contribution in [1.82, 2.24) is 10.2 Å². The van der Waals surface area contributed by atoms with Crippen molar-refractivity contribution in [2.45, 2.75) is 32.2 Å². The largest absolute Gasteiger partial charge is 0.493 e. The van der Waals surface area contributed by atoms with E-state index in [2.05, 4.69) is 5.32 Å². The average Bonchev–Trinajstić information content (AvgIpc) is 2.94. The van der Waals surface area contributed by atoms with E-state index in [1.54, 1.807) is 26.0 Å². The molecule has 1 amide bonds. The van der Waals surface area contributed by atoms with E-state index in [9.17, 15) is 9.59 Å². The number of hydrogen-bond acceptors (Lipinski definition) is 6. The highest BCUT2D eigenvalue weighted by Gasteiger charge is 2.30. The maximum atomic E-state index is 13.1. The van der Waals surface area contributed by atoms with Crippen molar-refractivity contribution in [2.24, 2.45) is 0 Å². The minimum atomic E-state index is -0.472. The third-order valence-electron chi connectivity index (χ3n) is 5.18. The minimum Gasteiger partial charge on any atom is -0.493 e. The molecule has 0 radical (unpaired) electrons. The number of fused-ring (bicyclic) bond motifs is 1. The summed E-state index contributed by atoms with van der Waals surface area (Å²) < 4.78 is 15.9. The van der Waals surface area contributed by atoms with Gasteiger partial charge in [0, 0.05) is 25.2 Å². The zero-order valence-corrected chi connectivity index (χ0v) is 16.7. The first-order valence-electron chi connectivity index (χ1n) is 9.72. The minimum absolute atomic E-state index is 0.0153. The lowest BCUT2D eigenvalue weighted by Gasteiger charge is -2.33. The van der Waals surface area contributed by atoms with E-state index in [4.69, 9.17) is 14.2 Å². The van der Waals surface area contributed by atoms with Gasteiger partial charge in [-0.25, -0.2) is 0 Å². The molecule has 2 aliphatic rings. The summed E-state index contributed by atoms with van der Waals surface area (Å²) in [4.78, 5) is 26.9. The average molecular weight is 388 g/mol. The van der Waals surface area contributed by atoms with Crippen molar-refractivity contribution in [3.05, 3.63) is 28.8 Å². The number of amides is 1. The van der Waals surface area contributed by atoms with E-state index in [1.807, 2.05) is 18.2 Å². The Kier molecular flexibility index (Phi) is 6.57. The van der Waals surface area contributed by atoms with Crippen LogP contribution in [0.15, 0.2) is 17.7 Å². The fourth-order valence-corrected chi connectivity index (χ4v) is 3.72. The van der Waals surface area contributed by atoms with E-state index < -0.39 is 6.04 Å². The van der Waals surface area contributed by atoms with Gasteiger partial charge in [0.05, 0.1) is 20.8 Å². The van der Waals surface area contributed by atoms with Crippen LogP contribution in [0.4, 0.5) is 0 Å². The van der Waals surface area contributed by atoms with Crippen LogP contribution in [-0.4, -0.2) is 63.3 Å². The standard InChI is InChI=1S/C21H28N2O5/c1-4-28-21(25)17-13-23(9-8-22-17)20(24)15-7-5-6-14-11-18(26-2)19(27-3)12-16(14)10-15/h10-12,17,22H,4-9,13H2,1-3H3. The smallest absolute Gasteiger partial charge is 0.324 e. The Labute approximate surface area is 165 Å². The molecule has 28 heavy (non-hydrogen) atoms. The van der Waals surface area contributed by atoms with Crippen LogP contribution in [0.1, 0.15) is 30.9 Å². The monoisotopic (exact) mass is 388 g/mol. The van der Waals surface area contributed by atoms with Gasteiger partial charge in [-0.15, -0.1) is 0 Å². The third-order valence-corrected chi connectivity index (χ3v) is 5.18. The molecule has 0 spiro atoms. The van der Waals surface area contributed by atoms with E-state index in [1.165, 1.54) is 0 Å². The summed E-state index contributed by atoms with van der Waals surface area (Å²) in [6, 6.07) is 3.44. The molecule has 3 rings (SSSR count). The van der Waals surface area contributed by atoms with E-state index in [0.29, 0.717) is 44.2 Å². The molecule has 1 fully saturated rings. The van der Waals surface area contributed by atoms with Crippen LogP contribution in [0.2, 0.25) is 0 Å². The lowest BCUT2D eigenvalue weighted by Crippen LogP contribution is -2.56. The quantitative estimate of drug-likeness (QED) is 0.775. The number of ether oxygens (including phenoxy) is 3. The molecule has 1 aliphatic carbocycles. The van der Waals surface area contributed by atoms with Crippen molar-refractivity contribution >= 4 is 18.0 Å². The summed E-state index contributed by atoms with van der Waals surface area (Å²) >= 11 is 0. The number of nitrogens with zero attached hydrogens (tertiary/aromatic N) is 1. The van der Waals surface area contributed by atoms with Crippen LogP contribution >= 0.6 is 0 Å². The van der Waals surface area contributed by atoms with Crippen LogP contribution < -0.4 is 14.8 Å². The molecule has 0 bridgehead atoms. The molecular weight excluding hydrogens is 360 g/mol. The topological polar surface area (TPSA) is 77.1 Å². The highest BCUT2D eigenvalue weighted by Crippen LogP contribution is 2.34. The molecule has 1 N–H and O–H groups in total. The maximum Gasteiger partial charge on any atom is 0.324 e. The molecule has 0 aromatic heterocycles. The van der Waals surface area contributed by atoms with Crippen LogP contribution in [-0.2, 0) is 20.7 Å². The highest BCUT2D eigenvalue weighted by atomic mass is 16.5. The molecule has 7 nitrogen and oxygen atoms in total. The zero-order chi connectivity index (χ0) is 20.1. The number of rotatable bonds is 5. The Morgan fingerprint density at radius 2 is 1.93 bits per heavy atom. The summed E-state index contributed by atoms with van der Waals surface area (Å²) in [5.74, 6) is 1.02. The van der Waals surface area contributed by atoms with Gasteiger partial charge in [-0.05, 0) is 55.5 Å². The molecule has 1 aromatic carbocycles. The number of aryl methyl sites for hydroxylation is 1. The summed E-state index contributed by atoms with van der Waals surface area (Å²) in [5.41, 5.74) is 2.89. The van der Waals surface area contributed by atoms with Crippen LogP contribution in [0.25, 0.3) is 6.08 Å². The molecule has 1 unspecified atom stereocenters. The molecule has 1 heterocycles. The number of nitrogens with one attached hydrogen (secondary N) is 1. The summed E-state index contributed by atoms with van der Waals surface area (Å²) in [7, 11) is 3.23. The van der Waals surface area contributed by atoms with Crippen LogP contribution in [0.3, 0.4) is 0 Å². The lowest BCUT2D eigenvalue weighted by atomic mass is 10.0. The van der Waals surface area contributed by atoms with Crippen molar-refractivity contribution in [1.29, 1.82) is 0 Å². The second-order valence-electron chi connectivity index (χ2n) is 6.94. The fourth-order valence-electron chi connectivity index (χ4n) is 3.72. The molecule has 1 aliphatic heterocycles. The normalized spacial score (nSPS) is 19.2. The van der Waals surface area contributed by atoms with Gasteiger partial charge < -0.3 is 24.4 Å². The van der Waals surface area contributed by atoms with Gasteiger partial charge in [0.2, 0.25) is 5.91 Å². The van der Waals surface area contributed by atoms with Gasteiger partial charge in [0.15, 0.2) is 11.5 Å². The molecular formula is C21H28N2O5. The Hall–Kier alpha value is -2.54. The number of benzene rings is 1. The lowest BCUT2D eigenvalue weighted by molar-refractivity contribution is -0.147. The van der Waals surface area contributed by atoms with E-state index in [-0.39, 0.29) is 11.9 Å². The molecule has 7 heteroatoms. The number of hydrogen-bond donors (Lipinski definition) is 1. The number of carbonyl (C=O) groups is 2. The van der Waals surface area contributed by atoms with E-state index >= 15 is 0 Å². The summed E-state index contributed by atoms with van der Waals surface area (Å²) in [5, 5.41) is 3.13. The van der Waals surface area contributed by atoms with Crippen molar-refractivity contribution in [3.63, 3.8) is 0 Å². The number of piperazine rings is 1. The molecule has 152 valence electrons. The Balaban J connectivity index is 1.81. The Bertz CT molecular complexity index is 774. The fraction of sp³-hybridized carbons (Fsp3) is 0.524. The predicted molar refractivity (Wildman–Crippen MR) is 105 cm³/mol. The second-order valence-corrected chi connectivity index (χ2v) is 6.94. The van der Waals surface area contributed by atoms with Crippen molar-refractivity contribution in [2.75, 3.05) is 40.5 Å². The maximum absolute atomic E-state index is 13.1.